The van der Waals surface area contributed by atoms with Crippen LogP contribution in [0.4, 0.5) is 0 Å². The van der Waals surface area contributed by atoms with Crippen molar-refractivity contribution in [1.29, 1.82) is 0 Å². The number of alkyl halides is 1. The van der Waals surface area contributed by atoms with Crippen molar-refractivity contribution in [3.8, 4) is 0 Å². The molecule has 0 aliphatic heterocycles. The van der Waals surface area contributed by atoms with E-state index in [-0.39, 0.29) is 0 Å². The van der Waals surface area contributed by atoms with E-state index < -0.39 is 0 Å². The lowest BCUT2D eigenvalue weighted by Crippen LogP contribution is -2.31. The molecule has 2 fully saturated rings. The first kappa shape index (κ1) is 12.2. The average Bonchev–Trinajstić information content (AvgIpc) is 2.50. The molecule has 2 rings (SSSR count). The Hall–Kier alpha value is 0.690. The van der Waals surface area contributed by atoms with Crippen LogP contribution in [0.1, 0.15) is 52.4 Å². The molecule has 0 saturated heterocycles. The minimum Gasteiger partial charge on any atom is -0.374 e. The Morgan fingerprint density at radius 2 is 1.67 bits per heavy atom. The highest BCUT2D eigenvalue weighted by atomic mass is 127. The van der Waals surface area contributed by atoms with Crippen LogP contribution < -0.4 is 0 Å². The topological polar surface area (TPSA) is 9.23 Å². The second kappa shape index (κ2) is 5.35. The fourth-order valence-electron chi connectivity index (χ4n) is 3.27. The predicted octanol–water partition coefficient (Wildman–Crippen LogP) is 4.18. The number of ether oxygens (including phenoxy) is 1. The van der Waals surface area contributed by atoms with Gasteiger partial charge in [-0.2, -0.15) is 0 Å². The van der Waals surface area contributed by atoms with Crippen molar-refractivity contribution >= 4 is 22.6 Å². The Kier molecular flexibility index (Phi) is 4.33. The van der Waals surface area contributed by atoms with Crippen molar-refractivity contribution < 1.29 is 4.74 Å². The van der Waals surface area contributed by atoms with Crippen LogP contribution in [0.25, 0.3) is 0 Å². The van der Waals surface area contributed by atoms with E-state index in [2.05, 4.69) is 36.4 Å². The van der Waals surface area contributed by atoms with Gasteiger partial charge in [-0.3, -0.25) is 0 Å². The van der Waals surface area contributed by atoms with Crippen LogP contribution in [0, 0.1) is 11.8 Å². The minimum absolute atomic E-state index is 0.559. The van der Waals surface area contributed by atoms with Crippen LogP contribution in [-0.2, 0) is 4.74 Å². The zero-order chi connectivity index (χ0) is 10.8. The maximum atomic E-state index is 6.30. The summed E-state index contributed by atoms with van der Waals surface area (Å²) in [6.45, 7) is 4.75. The van der Waals surface area contributed by atoms with Gasteiger partial charge >= 0.3 is 0 Å². The normalized spacial score (nSPS) is 47.0. The van der Waals surface area contributed by atoms with Gasteiger partial charge in [-0.15, -0.1) is 0 Å². The average molecular weight is 322 g/mol. The second-order valence-electron chi connectivity index (χ2n) is 5.66. The molecule has 2 aliphatic rings. The maximum Gasteiger partial charge on any atom is 0.0696 e. The molecule has 0 aromatic carbocycles. The van der Waals surface area contributed by atoms with E-state index in [0.717, 1.165) is 15.8 Å². The summed E-state index contributed by atoms with van der Waals surface area (Å²) in [6.07, 6.45) is 9.15. The van der Waals surface area contributed by atoms with Crippen molar-refractivity contribution in [2.75, 3.05) is 0 Å². The van der Waals surface area contributed by atoms with Gasteiger partial charge in [-0.25, -0.2) is 0 Å². The lowest BCUT2D eigenvalue weighted by atomic mass is 9.81. The van der Waals surface area contributed by atoms with E-state index in [9.17, 15) is 0 Å². The summed E-state index contributed by atoms with van der Waals surface area (Å²) >= 11 is 2.58. The van der Waals surface area contributed by atoms with Gasteiger partial charge < -0.3 is 4.74 Å². The predicted molar refractivity (Wildman–Crippen MR) is 72.5 cm³/mol. The van der Waals surface area contributed by atoms with Crippen LogP contribution >= 0.6 is 22.6 Å². The first-order chi connectivity index (χ1) is 7.15. The highest BCUT2D eigenvalue weighted by Crippen LogP contribution is 2.35. The standard InChI is InChI=1S/C13H23IO/c1-9-6-10(2)8-11(7-9)15-13-5-3-4-12(13)14/h9-13H,3-8H2,1-2H3. The molecule has 2 heteroatoms. The molecule has 2 saturated carbocycles. The van der Waals surface area contributed by atoms with Gasteiger partial charge in [-0.1, -0.05) is 36.4 Å². The van der Waals surface area contributed by atoms with Crippen LogP contribution in [0.5, 0.6) is 0 Å². The van der Waals surface area contributed by atoms with Crippen molar-refractivity contribution in [3.05, 3.63) is 0 Å². The number of halogens is 1. The van der Waals surface area contributed by atoms with E-state index in [4.69, 9.17) is 4.74 Å². The van der Waals surface area contributed by atoms with E-state index in [1.165, 1.54) is 38.5 Å². The third kappa shape index (κ3) is 3.32. The molecule has 0 spiro atoms. The Bertz CT molecular complexity index is 197. The lowest BCUT2D eigenvalue weighted by Gasteiger charge is -2.33. The maximum absolute atomic E-state index is 6.30. The Morgan fingerprint density at radius 1 is 1.00 bits per heavy atom. The van der Waals surface area contributed by atoms with Gasteiger partial charge in [0.05, 0.1) is 12.2 Å². The summed E-state index contributed by atoms with van der Waals surface area (Å²) in [5.41, 5.74) is 0. The molecule has 4 unspecified atom stereocenters. The Balaban J connectivity index is 1.83. The van der Waals surface area contributed by atoms with Crippen molar-refractivity contribution in [3.63, 3.8) is 0 Å². The Labute approximate surface area is 107 Å². The molecule has 15 heavy (non-hydrogen) atoms. The third-order valence-corrected chi connectivity index (χ3v) is 5.30. The molecule has 0 aromatic rings. The molecule has 0 heterocycles. The fourth-order valence-corrected chi connectivity index (χ4v) is 4.23. The molecule has 88 valence electrons. The highest BCUT2D eigenvalue weighted by molar-refractivity contribution is 14.1. The van der Waals surface area contributed by atoms with Crippen molar-refractivity contribution in [2.45, 2.75) is 68.5 Å². The molecule has 2 aliphatic carbocycles. The van der Waals surface area contributed by atoms with Crippen LogP contribution in [-0.4, -0.2) is 16.1 Å². The van der Waals surface area contributed by atoms with Gasteiger partial charge in [0.2, 0.25) is 0 Å². The lowest BCUT2D eigenvalue weighted by molar-refractivity contribution is -0.0418. The van der Waals surface area contributed by atoms with Crippen LogP contribution in [0.3, 0.4) is 0 Å². The van der Waals surface area contributed by atoms with Gasteiger partial charge in [0.25, 0.3) is 0 Å². The van der Waals surface area contributed by atoms with Gasteiger partial charge in [0.1, 0.15) is 0 Å². The third-order valence-electron chi connectivity index (χ3n) is 3.87. The minimum atomic E-state index is 0.559. The smallest absolute Gasteiger partial charge is 0.0696 e. The molecule has 1 nitrogen and oxygen atoms in total. The van der Waals surface area contributed by atoms with Crippen molar-refractivity contribution in [2.24, 2.45) is 11.8 Å². The van der Waals surface area contributed by atoms with Crippen molar-refractivity contribution in [1.82, 2.24) is 0 Å². The molecular weight excluding hydrogens is 299 g/mol. The largest absolute Gasteiger partial charge is 0.374 e. The van der Waals surface area contributed by atoms with Gasteiger partial charge in [-0.05, 0) is 50.4 Å². The number of hydrogen-bond acceptors (Lipinski definition) is 1. The molecule has 0 N–H and O–H groups in total. The fraction of sp³-hybridized carbons (Fsp3) is 1.00. The quantitative estimate of drug-likeness (QED) is 0.547. The van der Waals surface area contributed by atoms with E-state index in [1.54, 1.807) is 0 Å². The summed E-state index contributed by atoms with van der Waals surface area (Å²) in [6, 6.07) is 0. The molecular formula is C13H23IO. The zero-order valence-electron chi connectivity index (χ0n) is 9.92. The van der Waals surface area contributed by atoms with E-state index in [0.29, 0.717) is 12.2 Å². The Morgan fingerprint density at radius 3 is 2.20 bits per heavy atom. The zero-order valence-corrected chi connectivity index (χ0v) is 12.1. The molecule has 0 amide bonds. The molecule has 4 atom stereocenters. The number of hydrogen-bond donors (Lipinski definition) is 0. The monoisotopic (exact) mass is 322 g/mol. The summed E-state index contributed by atoms with van der Waals surface area (Å²) in [5.74, 6) is 1.74. The summed E-state index contributed by atoms with van der Waals surface area (Å²) in [4.78, 5) is 0. The molecule has 0 bridgehead atoms. The number of rotatable bonds is 2. The molecule has 0 radical (unpaired) electrons. The van der Waals surface area contributed by atoms with E-state index in [1.807, 2.05) is 0 Å². The first-order valence-electron chi connectivity index (χ1n) is 6.44. The van der Waals surface area contributed by atoms with Crippen LogP contribution in [0.15, 0.2) is 0 Å². The highest BCUT2D eigenvalue weighted by Gasteiger charge is 2.31. The van der Waals surface area contributed by atoms with Crippen LogP contribution in [0.2, 0.25) is 0 Å². The SMILES string of the molecule is CC1CC(C)CC(OC2CCCC2I)C1. The van der Waals surface area contributed by atoms with Gasteiger partial charge in [0, 0.05) is 3.92 Å². The second-order valence-corrected chi connectivity index (χ2v) is 7.26. The summed E-state index contributed by atoms with van der Waals surface area (Å²) in [7, 11) is 0. The summed E-state index contributed by atoms with van der Waals surface area (Å²) in [5, 5.41) is 0. The summed E-state index contributed by atoms with van der Waals surface area (Å²) < 4.78 is 7.07. The van der Waals surface area contributed by atoms with Gasteiger partial charge in [0.15, 0.2) is 0 Å². The first-order valence-corrected chi connectivity index (χ1v) is 7.69. The van der Waals surface area contributed by atoms with E-state index >= 15 is 0 Å². The molecule has 0 aromatic heterocycles.